The number of nitrogens with one attached hydrogen (secondary N) is 1. The molecule has 0 unspecified atom stereocenters. The second-order valence-electron chi connectivity index (χ2n) is 5.14. The van der Waals surface area contributed by atoms with Gasteiger partial charge in [-0.15, -0.1) is 0 Å². The third-order valence-corrected chi connectivity index (χ3v) is 3.76. The Bertz CT molecular complexity index is 659. The smallest absolute Gasteiger partial charge is 0.272 e. The van der Waals surface area contributed by atoms with Gasteiger partial charge in [0.1, 0.15) is 5.69 Å². The largest absolute Gasteiger partial charge is 0.334 e. The molecule has 20 heavy (non-hydrogen) atoms. The van der Waals surface area contributed by atoms with E-state index in [4.69, 9.17) is 11.6 Å². The van der Waals surface area contributed by atoms with Gasteiger partial charge in [0.25, 0.3) is 5.91 Å². The summed E-state index contributed by atoms with van der Waals surface area (Å²) in [5.41, 5.74) is 1.24. The lowest BCUT2D eigenvalue weighted by atomic mass is 10.1. The van der Waals surface area contributed by atoms with E-state index in [9.17, 15) is 4.79 Å². The van der Waals surface area contributed by atoms with E-state index in [2.05, 4.69) is 17.2 Å². The summed E-state index contributed by atoms with van der Waals surface area (Å²) in [6.45, 7) is 4.34. The van der Waals surface area contributed by atoms with E-state index in [1.807, 2.05) is 23.1 Å². The van der Waals surface area contributed by atoms with E-state index in [1.54, 1.807) is 12.1 Å². The van der Waals surface area contributed by atoms with E-state index >= 15 is 0 Å². The molecule has 1 aliphatic heterocycles. The third-order valence-electron chi connectivity index (χ3n) is 3.53. The summed E-state index contributed by atoms with van der Waals surface area (Å²) >= 11 is 5.97. The molecule has 104 valence electrons. The highest BCUT2D eigenvalue weighted by molar-refractivity contribution is 6.31. The first kappa shape index (κ1) is 13.3. The zero-order valence-electron chi connectivity index (χ0n) is 11.3. The van der Waals surface area contributed by atoms with Gasteiger partial charge in [-0.3, -0.25) is 4.79 Å². The van der Waals surface area contributed by atoms with Crippen LogP contribution in [0.4, 0.5) is 0 Å². The molecular weight excluding hydrogens is 274 g/mol. The molecular formula is C15H16ClN3O. The fourth-order valence-corrected chi connectivity index (χ4v) is 2.65. The van der Waals surface area contributed by atoms with Gasteiger partial charge in [0, 0.05) is 36.1 Å². The standard InChI is InChI=1S/C15H16ClN3O/c1-10-9-19(7-6-17-10)15(20)13-5-3-11-2-4-12(16)8-14(11)18-13/h2-5,8,10,17H,6-7,9H2,1H3/t10-/m1/s1. The monoisotopic (exact) mass is 289 g/mol. The van der Waals surface area contributed by atoms with Crippen LogP contribution in [0.3, 0.4) is 0 Å². The van der Waals surface area contributed by atoms with Crippen molar-refractivity contribution in [2.75, 3.05) is 19.6 Å². The number of fused-ring (bicyclic) bond motifs is 1. The van der Waals surface area contributed by atoms with Crippen molar-refractivity contribution in [1.82, 2.24) is 15.2 Å². The molecule has 1 atom stereocenters. The number of nitrogens with zero attached hydrogens (tertiary/aromatic N) is 2. The molecule has 1 amide bonds. The van der Waals surface area contributed by atoms with E-state index in [0.717, 1.165) is 24.0 Å². The maximum Gasteiger partial charge on any atom is 0.272 e. The Kier molecular flexibility index (Phi) is 3.59. The number of hydrogen-bond acceptors (Lipinski definition) is 3. The first-order chi connectivity index (χ1) is 9.63. The topological polar surface area (TPSA) is 45.2 Å². The average Bonchev–Trinajstić information content (AvgIpc) is 2.45. The number of hydrogen-bond donors (Lipinski definition) is 1. The van der Waals surface area contributed by atoms with Crippen LogP contribution in [0.2, 0.25) is 5.02 Å². The molecule has 0 saturated carbocycles. The Morgan fingerprint density at radius 2 is 2.20 bits per heavy atom. The van der Waals surface area contributed by atoms with Gasteiger partial charge in [0.15, 0.2) is 0 Å². The summed E-state index contributed by atoms with van der Waals surface area (Å²) in [6, 6.07) is 9.54. The van der Waals surface area contributed by atoms with Crippen molar-refractivity contribution in [1.29, 1.82) is 0 Å². The average molecular weight is 290 g/mol. The van der Waals surface area contributed by atoms with Crippen molar-refractivity contribution in [3.05, 3.63) is 41.0 Å². The van der Waals surface area contributed by atoms with Crippen molar-refractivity contribution in [2.45, 2.75) is 13.0 Å². The molecule has 1 saturated heterocycles. The van der Waals surface area contributed by atoms with Gasteiger partial charge >= 0.3 is 0 Å². The molecule has 4 nitrogen and oxygen atoms in total. The van der Waals surface area contributed by atoms with Crippen LogP contribution >= 0.6 is 11.6 Å². The molecule has 2 heterocycles. The van der Waals surface area contributed by atoms with Gasteiger partial charge in [0.2, 0.25) is 0 Å². The van der Waals surface area contributed by atoms with E-state index in [1.165, 1.54) is 0 Å². The van der Waals surface area contributed by atoms with Crippen LogP contribution in [-0.2, 0) is 0 Å². The number of amides is 1. The van der Waals surface area contributed by atoms with Gasteiger partial charge in [-0.25, -0.2) is 4.98 Å². The van der Waals surface area contributed by atoms with Gasteiger partial charge in [-0.1, -0.05) is 23.7 Å². The van der Waals surface area contributed by atoms with Gasteiger partial charge < -0.3 is 10.2 Å². The minimum Gasteiger partial charge on any atom is -0.334 e. The lowest BCUT2D eigenvalue weighted by molar-refractivity contribution is 0.0703. The molecule has 3 rings (SSSR count). The first-order valence-electron chi connectivity index (χ1n) is 6.72. The second-order valence-corrected chi connectivity index (χ2v) is 5.58. The predicted octanol–water partition coefficient (Wildman–Crippen LogP) is 2.32. The highest BCUT2D eigenvalue weighted by Gasteiger charge is 2.22. The van der Waals surface area contributed by atoms with Crippen LogP contribution < -0.4 is 5.32 Å². The van der Waals surface area contributed by atoms with Crippen molar-refractivity contribution in [3.63, 3.8) is 0 Å². The number of carbonyl (C=O) groups is 1. The molecule has 0 bridgehead atoms. The number of halogens is 1. The second kappa shape index (κ2) is 5.38. The zero-order valence-corrected chi connectivity index (χ0v) is 12.0. The minimum atomic E-state index is -0.0137. The SMILES string of the molecule is C[C@@H]1CN(C(=O)c2ccc3ccc(Cl)cc3n2)CCN1. The Hall–Kier alpha value is -1.65. The maximum absolute atomic E-state index is 12.5. The van der Waals surface area contributed by atoms with Crippen molar-refractivity contribution >= 4 is 28.4 Å². The molecule has 1 N–H and O–H groups in total. The van der Waals surface area contributed by atoms with E-state index in [0.29, 0.717) is 23.3 Å². The van der Waals surface area contributed by atoms with Crippen LogP contribution in [-0.4, -0.2) is 41.5 Å². The lowest BCUT2D eigenvalue weighted by Gasteiger charge is -2.31. The summed E-state index contributed by atoms with van der Waals surface area (Å²) in [5.74, 6) is -0.0137. The maximum atomic E-state index is 12.5. The quantitative estimate of drug-likeness (QED) is 0.876. The molecule has 5 heteroatoms. The number of rotatable bonds is 1. The van der Waals surface area contributed by atoms with Crippen LogP contribution in [0.5, 0.6) is 0 Å². The highest BCUT2D eigenvalue weighted by Crippen LogP contribution is 2.18. The highest BCUT2D eigenvalue weighted by atomic mass is 35.5. The zero-order chi connectivity index (χ0) is 14.1. The van der Waals surface area contributed by atoms with Crippen LogP contribution in [0.25, 0.3) is 10.9 Å². The first-order valence-corrected chi connectivity index (χ1v) is 7.10. The van der Waals surface area contributed by atoms with Gasteiger partial charge in [0.05, 0.1) is 5.52 Å². The van der Waals surface area contributed by atoms with Crippen molar-refractivity contribution in [2.24, 2.45) is 0 Å². The Morgan fingerprint density at radius 3 is 3.00 bits per heavy atom. The number of benzene rings is 1. The lowest BCUT2D eigenvalue weighted by Crippen LogP contribution is -2.51. The summed E-state index contributed by atoms with van der Waals surface area (Å²) in [7, 11) is 0. The van der Waals surface area contributed by atoms with E-state index in [-0.39, 0.29) is 5.91 Å². The fourth-order valence-electron chi connectivity index (χ4n) is 2.49. The Labute approximate surface area is 122 Å². The molecule has 1 fully saturated rings. The van der Waals surface area contributed by atoms with Gasteiger partial charge in [-0.05, 0) is 25.1 Å². The molecule has 1 aromatic heterocycles. The number of carbonyl (C=O) groups excluding carboxylic acids is 1. The van der Waals surface area contributed by atoms with Crippen LogP contribution in [0, 0.1) is 0 Å². The van der Waals surface area contributed by atoms with E-state index < -0.39 is 0 Å². The molecule has 2 aromatic rings. The summed E-state index contributed by atoms with van der Waals surface area (Å²) in [6.07, 6.45) is 0. The van der Waals surface area contributed by atoms with Crippen LogP contribution in [0.1, 0.15) is 17.4 Å². The summed E-state index contributed by atoms with van der Waals surface area (Å²) in [5, 5.41) is 4.94. The minimum absolute atomic E-state index is 0.0137. The normalized spacial score (nSPS) is 19.3. The van der Waals surface area contributed by atoms with Crippen molar-refractivity contribution < 1.29 is 4.79 Å². The molecule has 0 radical (unpaired) electrons. The molecule has 1 aliphatic rings. The Morgan fingerprint density at radius 1 is 1.40 bits per heavy atom. The van der Waals surface area contributed by atoms with Crippen molar-refractivity contribution in [3.8, 4) is 0 Å². The summed E-state index contributed by atoms with van der Waals surface area (Å²) in [4.78, 5) is 18.8. The Balaban J connectivity index is 1.91. The number of pyridine rings is 1. The molecule has 1 aromatic carbocycles. The molecule has 0 spiro atoms. The third kappa shape index (κ3) is 2.62. The predicted molar refractivity (Wildman–Crippen MR) is 80.1 cm³/mol. The number of aromatic nitrogens is 1. The number of piperazine rings is 1. The fraction of sp³-hybridized carbons (Fsp3) is 0.333. The summed E-state index contributed by atoms with van der Waals surface area (Å²) < 4.78 is 0. The molecule has 0 aliphatic carbocycles. The van der Waals surface area contributed by atoms with Gasteiger partial charge in [-0.2, -0.15) is 0 Å². The van der Waals surface area contributed by atoms with Crippen LogP contribution in [0.15, 0.2) is 30.3 Å².